The molecule has 1 atom stereocenters. The van der Waals surface area contributed by atoms with Crippen LogP contribution < -0.4 is 9.46 Å². The molecule has 20 heavy (non-hydrogen) atoms. The number of sulfonamides is 1. The molecular weight excluding hydrogens is 350 g/mol. The Morgan fingerprint density at radius 2 is 2.00 bits per heavy atom. The van der Waals surface area contributed by atoms with Crippen LogP contribution in [0, 0.1) is 5.92 Å². The highest BCUT2D eigenvalue weighted by molar-refractivity contribution is 9.10. The van der Waals surface area contributed by atoms with Gasteiger partial charge < -0.3 is 9.84 Å². The van der Waals surface area contributed by atoms with Crippen LogP contribution in [0.25, 0.3) is 0 Å². The predicted molar refractivity (Wildman–Crippen MR) is 77.3 cm³/mol. The summed E-state index contributed by atoms with van der Waals surface area (Å²) in [6, 6.07) is 3.02. The van der Waals surface area contributed by atoms with Gasteiger partial charge in [0.15, 0.2) is 0 Å². The Kier molecular flexibility index (Phi) is 5.55. The Hall–Kier alpha value is -1.12. The number of aliphatic carboxylic acids is 1. The molecular formula is C12H16BrNO5S. The van der Waals surface area contributed by atoms with E-state index in [9.17, 15) is 13.2 Å². The van der Waals surface area contributed by atoms with Crippen molar-refractivity contribution in [2.45, 2.75) is 24.8 Å². The van der Waals surface area contributed by atoms with E-state index < -0.39 is 22.0 Å². The van der Waals surface area contributed by atoms with Gasteiger partial charge in [-0.3, -0.25) is 4.79 Å². The van der Waals surface area contributed by atoms with Gasteiger partial charge in [0.2, 0.25) is 10.0 Å². The number of hydrogen-bond acceptors (Lipinski definition) is 4. The summed E-state index contributed by atoms with van der Waals surface area (Å²) in [5.41, 5.74) is 0. The average molecular weight is 366 g/mol. The van der Waals surface area contributed by atoms with Crippen LogP contribution in [0.3, 0.4) is 0 Å². The summed E-state index contributed by atoms with van der Waals surface area (Å²) in [4.78, 5) is 11.0. The maximum Gasteiger partial charge on any atom is 0.322 e. The minimum absolute atomic E-state index is 0.0305. The van der Waals surface area contributed by atoms with E-state index in [-0.39, 0.29) is 10.8 Å². The van der Waals surface area contributed by atoms with E-state index in [0.29, 0.717) is 10.2 Å². The van der Waals surface area contributed by atoms with E-state index in [1.54, 1.807) is 13.8 Å². The number of hydrogen-bond donors (Lipinski definition) is 2. The number of rotatable bonds is 6. The molecule has 1 aromatic carbocycles. The number of halogens is 1. The second kappa shape index (κ2) is 6.55. The molecule has 0 saturated carbocycles. The van der Waals surface area contributed by atoms with E-state index in [1.165, 1.54) is 25.3 Å². The Morgan fingerprint density at radius 3 is 2.40 bits per heavy atom. The van der Waals surface area contributed by atoms with Crippen molar-refractivity contribution in [1.82, 2.24) is 4.72 Å². The Morgan fingerprint density at radius 1 is 1.40 bits per heavy atom. The van der Waals surface area contributed by atoms with E-state index in [2.05, 4.69) is 20.7 Å². The van der Waals surface area contributed by atoms with E-state index >= 15 is 0 Å². The SMILES string of the molecule is COc1ccc(S(=O)(=O)N[C@@H](C(=O)O)C(C)C)cc1Br. The van der Waals surface area contributed by atoms with Crippen molar-refractivity contribution in [2.75, 3.05) is 7.11 Å². The van der Waals surface area contributed by atoms with Crippen molar-refractivity contribution in [3.8, 4) is 5.75 Å². The first kappa shape index (κ1) is 16.9. The van der Waals surface area contributed by atoms with Crippen LogP contribution >= 0.6 is 15.9 Å². The van der Waals surface area contributed by atoms with Crippen molar-refractivity contribution in [3.63, 3.8) is 0 Å². The second-order valence-electron chi connectivity index (χ2n) is 4.48. The van der Waals surface area contributed by atoms with Crippen molar-refractivity contribution in [3.05, 3.63) is 22.7 Å². The molecule has 0 aliphatic heterocycles. The molecule has 0 amide bonds. The van der Waals surface area contributed by atoms with Crippen LogP contribution in [0.2, 0.25) is 0 Å². The number of carbonyl (C=O) groups is 1. The van der Waals surface area contributed by atoms with Gasteiger partial charge in [-0.05, 0) is 40.0 Å². The predicted octanol–water partition coefficient (Wildman–Crippen LogP) is 1.85. The first-order valence-electron chi connectivity index (χ1n) is 5.77. The summed E-state index contributed by atoms with van der Waals surface area (Å²) >= 11 is 3.19. The lowest BCUT2D eigenvalue weighted by molar-refractivity contribution is -0.140. The fourth-order valence-corrected chi connectivity index (χ4v) is 3.58. The minimum atomic E-state index is -3.91. The van der Waals surface area contributed by atoms with Gasteiger partial charge in [0.05, 0.1) is 16.5 Å². The van der Waals surface area contributed by atoms with Crippen LogP contribution in [-0.2, 0) is 14.8 Å². The molecule has 0 aliphatic rings. The highest BCUT2D eigenvalue weighted by Gasteiger charge is 2.28. The normalized spacial score (nSPS) is 13.2. The molecule has 0 aliphatic carbocycles. The molecule has 0 bridgehead atoms. The van der Waals surface area contributed by atoms with Gasteiger partial charge >= 0.3 is 5.97 Å². The summed E-state index contributed by atoms with van der Waals surface area (Å²) in [5, 5.41) is 9.03. The van der Waals surface area contributed by atoms with Gasteiger partial charge in [-0.25, -0.2) is 8.42 Å². The lowest BCUT2D eigenvalue weighted by Gasteiger charge is -2.18. The molecule has 0 radical (unpaired) electrons. The van der Waals surface area contributed by atoms with Crippen LogP contribution in [0.1, 0.15) is 13.8 Å². The van der Waals surface area contributed by atoms with Gasteiger partial charge in [0.25, 0.3) is 0 Å². The molecule has 1 rings (SSSR count). The van der Waals surface area contributed by atoms with Crippen molar-refractivity contribution < 1.29 is 23.1 Å². The first-order chi connectivity index (χ1) is 9.19. The molecule has 112 valence electrons. The van der Waals surface area contributed by atoms with E-state index in [0.717, 1.165) is 0 Å². The molecule has 6 nitrogen and oxygen atoms in total. The van der Waals surface area contributed by atoms with Crippen molar-refractivity contribution >= 4 is 31.9 Å². The van der Waals surface area contributed by atoms with E-state index in [1.807, 2.05) is 0 Å². The fraction of sp³-hybridized carbons (Fsp3) is 0.417. The standard InChI is InChI=1S/C12H16BrNO5S/c1-7(2)11(12(15)16)14-20(17,18)8-4-5-10(19-3)9(13)6-8/h4-7,11,14H,1-3H3,(H,15,16)/t11-/m1/s1. The lowest BCUT2D eigenvalue weighted by Crippen LogP contribution is -2.44. The Balaban J connectivity index is 3.11. The van der Waals surface area contributed by atoms with Gasteiger partial charge in [0.1, 0.15) is 11.8 Å². The van der Waals surface area contributed by atoms with Gasteiger partial charge in [-0.15, -0.1) is 0 Å². The van der Waals surface area contributed by atoms with Crippen molar-refractivity contribution in [1.29, 1.82) is 0 Å². The third-order valence-electron chi connectivity index (χ3n) is 2.65. The Bertz CT molecular complexity index is 600. The number of carboxylic acid groups (broad SMARTS) is 1. The third-order valence-corrected chi connectivity index (χ3v) is 4.71. The number of ether oxygens (including phenoxy) is 1. The second-order valence-corrected chi connectivity index (χ2v) is 7.05. The number of methoxy groups -OCH3 is 1. The van der Waals surface area contributed by atoms with Crippen LogP contribution in [0.5, 0.6) is 5.75 Å². The van der Waals surface area contributed by atoms with Crippen LogP contribution in [-0.4, -0.2) is 32.6 Å². The molecule has 0 saturated heterocycles. The summed E-state index contributed by atoms with van der Waals surface area (Å²) in [5.74, 6) is -1.09. The smallest absolute Gasteiger partial charge is 0.322 e. The number of benzene rings is 1. The highest BCUT2D eigenvalue weighted by Crippen LogP contribution is 2.27. The monoisotopic (exact) mass is 365 g/mol. The number of carboxylic acids is 1. The molecule has 0 heterocycles. The average Bonchev–Trinajstić information content (AvgIpc) is 2.35. The summed E-state index contributed by atoms with van der Waals surface area (Å²) in [6.45, 7) is 3.26. The van der Waals surface area contributed by atoms with Gasteiger partial charge in [0, 0.05) is 0 Å². The zero-order valence-corrected chi connectivity index (χ0v) is 13.7. The molecule has 2 N–H and O–H groups in total. The summed E-state index contributed by atoms with van der Waals surface area (Å²) in [6.07, 6.45) is 0. The van der Waals surface area contributed by atoms with E-state index in [4.69, 9.17) is 9.84 Å². The summed E-state index contributed by atoms with van der Waals surface area (Å²) < 4.78 is 32.0. The molecule has 0 fully saturated rings. The maximum atomic E-state index is 12.2. The molecule has 8 heteroatoms. The quantitative estimate of drug-likeness (QED) is 0.802. The zero-order valence-electron chi connectivity index (χ0n) is 11.3. The van der Waals surface area contributed by atoms with Gasteiger partial charge in [-0.2, -0.15) is 4.72 Å². The minimum Gasteiger partial charge on any atom is -0.496 e. The maximum absolute atomic E-state index is 12.2. The van der Waals surface area contributed by atoms with Crippen molar-refractivity contribution in [2.24, 2.45) is 5.92 Å². The largest absolute Gasteiger partial charge is 0.496 e. The van der Waals surface area contributed by atoms with Crippen LogP contribution in [0.4, 0.5) is 0 Å². The zero-order chi connectivity index (χ0) is 15.5. The fourth-order valence-electron chi connectivity index (χ4n) is 1.52. The lowest BCUT2D eigenvalue weighted by atomic mass is 10.1. The molecule has 0 aromatic heterocycles. The molecule has 0 unspecified atom stereocenters. The first-order valence-corrected chi connectivity index (χ1v) is 8.05. The third kappa shape index (κ3) is 3.94. The number of nitrogens with one attached hydrogen (secondary N) is 1. The molecule has 0 spiro atoms. The van der Waals surface area contributed by atoms with Crippen LogP contribution in [0.15, 0.2) is 27.6 Å². The topological polar surface area (TPSA) is 92.7 Å². The molecule has 1 aromatic rings. The Labute approximate surface area is 126 Å². The summed E-state index contributed by atoms with van der Waals surface area (Å²) in [7, 11) is -2.45. The van der Waals surface area contributed by atoms with Gasteiger partial charge in [-0.1, -0.05) is 13.8 Å². The highest BCUT2D eigenvalue weighted by atomic mass is 79.9.